The van der Waals surface area contributed by atoms with E-state index in [1.165, 1.54) is 18.3 Å². The highest BCUT2D eigenvalue weighted by atomic mass is 19.1. The molecular formula is C17H11FN2O. The quantitative estimate of drug-likeness (QED) is 0.641. The summed E-state index contributed by atoms with van der Waals surface area (Å²) in [5, 5.41) is 0.912. The van der Waals surface area contributed by atoms with Gasteiger partial charge in [0.25, 0.3) is 0 Å². The van der Waals surface area contributed by atoms with E-state index in [-0.39, 0.29) is 5.69 Å². The van der Waals surface area contributed by atoms with E-state index in [4.69, 9.17) is 4.74 Å². The van der Waals surface area contributed by atoms with Crippen molar-refractivity contribution in [1.82, 2.24) is 9.97 Å². The smallest absolute Gasteiger partial charge is 0.157 e. The zero-order chi connectivity index (χ0) is 14.7. The molecular weight excluding hydrogens is 267 g/mol. The van der Waals surface area contributed by atoms with E-state index in [1.807, 2.05) is 24.3 Å². The summed E-state index contributed by atoms with van der Waals surface area (Å²) in [6.07, 6.45) is 1.51. The van der Waals surface area contributed by atoms with Crippen molar-refractivity contribution in [3.8, 4) is 17.6 Å². The number of nitrogens with zero attached hydrogens (tertiary/aromatic N) is 2. The Morgan fingerprint density at radius 1 is 1.05 bits per heavy atom. The molecule has 0 spiro atoms. The number of halogens is 1. The van der Waals surface area contributed by atoms with Gasteiger partial charge in [0.1, 0.15) is 17.1 Å². The first-order chi connectivity index (χ1) is 10.3. The molecule has 21 heavy (non-hydrogen) atoms. The van der Waals surface area contributed by atoms with Gasteiger partial charge in [0, 0.05) is 11.6 Å². The van der Waals surface area contributed by atoms with E-state index in [2.05, 4.69) is 21.8 Å². The molecule has 0 saturated heterocycles. The molecule has 0 bridgehead atoms. The van der Waals surface area contributed by atoms with Crippen molar-refractivity contribution in [2.75, 3.05) is 7.11 Å². The highest BCUT2D eigenvalue weighted by molar-refractivity contribution is 5.85. The Labute approximate surface area is 121 Å². The Morgan fingerprint density at radius 2 is 1.95 bits per heavy atom. The second-order valence-corrected chi connectivity index (χ2v) is 4.31. The van der Waals surface area contributed by atoms with E-state index in [0.29, 0.717) is 5.69 Å². The molecule has 3 rings (SSSR count). The molecule has 2 aromatic heterocycles. The van der Waals surface area contributed by atoms with Crippen molar-refractivity contribution in [2.24, 2.45) is 0 Å². The maximum Gasteiger partial charge on any atom is 0.157 e. The van der Waals surface area contributed by atoms with Crippen LogP contribution < -0.4 is 4.74 Å². The van der Waals surface area contributed by atoms with Gasteiger partial charge in [0.05, 0.1) is 12.6 Å². The van der Waals surface area contributed by atoms with Crippen LogP contribution in [0.1, 0.15) is 11.4 Å². The lowest BCUT2D eigenvalue weighted by molar-refractivity contribution is 0.420. The molecule has 2 heterocycles. The van der Waals surface area contributed by atoms with Crippen LogP contribution in [0.5, 0.6) is 5.75 Å². The van der Waals surface area contributed by atoms with Crippen LogP contribution in [0.25, 0.3) is 10.9 Å². The minimum Gasteiger partial charge on any atom is -0.496 e. The third kappa shape index (κ3) is 2.67. The fraction of sp³-hybridized carbons (Fsp3) is 0.0588. The predicted octanol–water partition coefficient (Wildman–Crippen LogP) is 3.18. The van der Waals surface area contributed by atoms with Crippen molar-refractivity contribution in [1.29, 1.82) is 0 Å². The lowest BCUT2D eigenvalue weighted by Crippen LogP contribution is -1.90. The van der Waals surface area contributed by atoms with Crippen LogP contribution >= 0.6 is 0 Å². The van der Waals surface area contributed by atoms with Gasteiger partial charge in [-0.2, -0.15) is 0 Å². The highest BCUT2D eigenvalue weighted by Crippen LogP contribution is 2.23. The minimum absolute atomic E-state index is 0.116. The van der Waals surface area contributed by atoms with Gasteiger partial charge in [-0.05, 0) is 48.2 Å². The Balaban J connectivity index is 2.02. The van der Waals surface area contributed by atoms with Crippen molar-refractivity contribution >= 4 is 10.9 Å². The average Bonchev–Trinajstić information content (AvgIpc) is 2.53. The molecule has 3 nitrogen and oxygen atoms in total. The molecule has 0 saturated carbocycles. The van der Waals surface area contributed by atoms with Crippen molar-refractivity contribution in [2.45, 2.75) is 0 Å². The van der Waals surface area contributed by atoms with Gasteiger partial charge in [0.2, 0.25) is 0 Å². The molecule has 102 valence electrons. The van der Waals surface area contributed by atoms with Gasteiger partial charge in [-0.3, -0.25) is 0 Å². The topological polar surface area (TPSA) is 35.0 Å². The molecule has 0 aliphatic rings. The van der Waals surface area contributed by atoms with Crippen LogP contribution in [0, 0.1) is 17.7 Å². The number of hydrogen-bond donors (Lipinski definition) is 0. The standard InChI is InChI=1S/C17H11FN2O/c1-21-17-6-2-5-15-13(17)9-7-12(20-15)8-10-16-14(18)4-3-11-19-16/h2-7,9,11H,1H3. The van der Waals surface area contributed by atoms with Crippen LogP contribution in [0.15, 0.2) is 48.7 Å². The van der Waals surface area contributed by atoms with Crippen molar-refractivity contribution in [3.05, 3.63) is 65.9 Å². The third-order valence-electron chi connectivity index (χ3n) is 2.98. The van der Waals surface area contributed by atoms with Gasteiger partial charge >= 0.3 is 0 Å². The number of methoxy groups -OCH3 is 1. The number of rotatable bonds is 1. The molecule has 4 heteroatoms. The molecule has 1 aromatic carbocycles. The van der Waals surface area contributed by atoms with Gasteiger partial charge in [-0.1, -0.05) is 6.07 Å². The SMILES string of the molecule is COc1cccc2nc(C#Cc3ncccc3F)ccc12. The Kier molecular flexibility index (Phi) is 3.48. The maximum absolute atomic E-state index is 13.4. The largest absolute Gasteiger partial charge is 0.496 e. The number of pyridine rings is 2. The van der Waals surface area contributed by atoms with Crippen LogP contribution in [0.2, 0.25) is 0 Å². The minimum atomic E-state index is -0.438. The number of fused-ring (bicyclic) bond motifs is 1. The van der Waals surface area contributed by atoms with E-state index < -0.39 is 5.82 Å². The molecule has 0 atom stereocenters. The fourth-order valence-corrected chi connectivity index (χ4v) is 1.98. The molecule has 0 aliphatic heterocycles. The number of hydrogen-bond acceptors (Lipinski definition) is 3. The first-order valence-electron chi connectivity index (χ1n) is 6.34. The molecule has 0 N–H and O–H groups in total. The average molecular weight is 278 g/mol. The van der Waals surface area contributed by atoms with E-state index >= 15 is 0 Å². The van der Waals surface area contributed by atoms with Crippen molar-refractivity contribution in [3.63, 3.8) is 0 Å². The summed E-state index contributed by atoms with van der Waals surface area (Å²) in [6, 6.07) is 12.1. The number of ether oxygens (including phenoxy) is 1. The van der Waals surface area contributed by atoms with Crippen LogP contribution in [-0.2, 0) is 0 Å². The van der Waals surface area contributed by atoms with Crippen LogP contribution in [0.3, 0.4) is 0 Å². The van der Waals surface area contributed by atoms with Crippen molar-refractivity contribution < 1.29 is 9.13 Å². The molecule has 3 aromatic rings. The summed E-state index contributed by atoms with van der Waals surface area (Å²) in [7, 11) is 1.62. The summed E-state index contributed by atoms with van der Waals surface area (Å²) >= 11 is 0. The number of aromatic nitrogens is 2. The second-order valence-electron chi connectivity index (χ2n) is 4.31. The summed E-state index contributed by atoms with van der Waals surface area (Å²) in [6.45, 7) is 0. The second kappa shape index (κ2) is 5.59. The Hall–Kier alpha value is -2.93. The van der Waals surface area contributed by atoms with Gasteiger partial charge in [-0.25, -0.2) is 14.4 Å². The summed E-state index contributed by atoms with van der Waals surface area (Å²) in [4.78, 5) is 8.31. The van der Waals surface area contributed by atoms with Crippen LogP contribution in [-0.4, -0.2) is 17.1 Å². The molecule has 0 radical (unpaired) electrons. The van der Waals surface area contributed by atoms with Gasteiger partial charge in [-0.15, -0.1) is 0 Å². The molecule has 0 amide bonds. The lowest BCUT2D eigenvalue weighted by Gasteiger charge is -2.04. The Bertz CT molecular complexity index is 865. The van der Waals surface area contributed by atoms with Gasteiger partial charge < -0.3 is 4.74 Å². The fourth-order valence-electron chi connectivity index (χ4n) is 1.98. The first kappa shape index (κ1) is 13.1. The lowest BCUT2D eigenvalue weighted by atomic mass is 10.2. The monoisotopic (exact) mass is 278 g/mol. The van der Waals surface area contributed by atoms with E-state index in [9.17, 15) is 4.39 Å². The zero-order valence-electron chi connectivity index (χ0n) is 11.3. The normalized spacial score (nSPS) is 10.0. The molecule has 0 aliphatic carbocycles. The summed E-state index contributed by atoms with van der Waals surface area (Å²) in [5.41, 5.74) is 1.45. The molecule has 0 unspecified atom stereocenters. The van der Waals surface area contributed by atoms with Crippen LogP contribution in [0.4, 0.5) is 4.39 Å². The number of benzene rings is 1. The summed E-state index contributed by atoms with van der Waals surface area (Å²) in [5.74, 6) is 5.84. The predicted molar refractivity (Wildman–Crippen MR) is 78.5 cm³/mol. The third-order valence-corrected chi connectivity index (χ3v) is 2.98. The maximum atomic E-state index is 13.4. The van der Waals surface area contributed by atoms with E-state index in [0.717, 1.165) is 16.7 Å². The molecule has 0 fully saturated rings. The highest BCUT2D eigenvalue weighted by Gasteiger charge is 2.02. The van der Waals surface area contributed by atoms with Gasteiger partial charge in [0.15, 0.2) is 5.82 Å². The first-order valence-corrected chi connectivity index (χ1v) is 6.34. The zero-order valence-corrected chi connectivity index (χ0v) is 11.3. The summed E-state index contributed by atoms with van der Waals surface area (Å²) < 4.78 is 18.7. The van der Waals surface area contributed by atoms with E-state index in [1.54, 1.807) is 13.2 Å². The Morgan fingerprint density at radius 3 is 2.76 bits per heavy atom.